The Morgan fingerprint density at radius 2 is 1.87 bits per heavy atom. The molecule has 2 aromatic rings. The van der Waals surface area contributed by atoms with Crippen LogP contribution in [0.1, 0.15) is 36.6 Å². The molecule has 0 radical (unpaired) electrons. The molecule has 1 heterocycles. The summed E-state index contributed by atoms with van der Waals surface area (Å²) in [5.41, 5.74) is 3.15. The van der Waals surface area contributed by atoms with Gasteiger partial charge in [-0.05, 0) is 30.2 Å². The van der Waals surface area contributed by atoms with E-state index in [2.05, 4.69) is 23.3 Å². The van der Waals surface area contributed by atoms with Gasteiger partial charge in [-0.1, -0.05) is 42.5 Å². The molecule has 2 atom stereocenters. The molecule has 0 spiro atoms. The van der Waals surface area contributed by atoms with Crippen molar-refractivity contribution in [3.05, 3.63) is 65.7 Å². The van der Waals surface area contributed by atoms with Gasteiger partial charge in [0.15, 0.2) is 6.04 Å². The van der Waals surface area contributed by atoms with Crippen LogP contribution in [0.5, 0.6) is 5.75 Å². The fraction of sp³-hybridized carbons (Fsp3) is 0.263. The Morgan fingerprint density at radius 1 is 1.17 bits per heavy atom. The molecule has 0 amide bonds. The molecule has 0 aromatic heterocycles. The maximum Gasteiger partial charge on any atom is 0.159 e. The number of nitriles is 1. The van der Waals surface area contributed by atoms with Crippen molar-refractivity contribution in [2.75, 3.05) is 7.11 Å². The van der Waals surface area contributed by atoms with Crippen molar-refractivity contribution in [1.29, 1.82) is 5.26 Å². The second kappa shape index (κ2) is 6.53. The monoisotopic (exact) mass is 305 g/mol. The summed E-state index contributed by atoms with van der Waals surface area (Å²) in [6, 6.07) is 19.9. The zero-order valence-corrected chi connectivity index (χ0v) is 13.3. The van der Waals surface area contributed by atoms with Gasteiger partial charge in [-0.3, -0.25) is 5.01 Å². The molecule has 0 fully saturated rings. The zero-order chi connectivity index (χ0) is 16.2. The summed E-state index contributed by atoms with van der Waals surface area (Å²) in [7, 11) is 1.64. The van der Waals surface area contributed by atoms with Crippen LogP contribution < -0.4 is 4.74 Å². The number of hydrogen-bond donors (Lipinski definition) is 0. The van der Waals surface area contributed by atoms with Crippen LogP contribution in [0, 0.1) is 11.3 Å². The Labute approximate surface area is 136 Å². The van der Waals surface area contributed by atoms with E-state index in [0.29, 0.717) is 0 Å². The first-order chi connectivity index (χ1) is 11.2. The van der Waals surface area contributed by atoms with E-state index in [4.69, 9.17) is 4.74 Å². The van der Waals surface area contributed by atoms with Crippen LogP contribution in [-0.4, -0.2) is 17.8 Å². The minimum Gasteiger partial charge on any atom is -0.497 e. The Bertz CT molecular complexity index is 731. The first-order valence-electron chi connectivity index (χ1n) is 7.64. The lowest BCUT2D eigenvalue weighted by molar-refractivity contribution is 0.196. The number of ether oxygens (including phenoxy) is 1. The Hall–Kier alpha value is -2.80. The molecular weight excluding hydrogens is 286 g/mol. The highest BCUT2D eigenvalue weighted by molar-refractivity contribution is 5.84. The highest BCUT2D eigenvalue weighted by Crippen LogP contribution is 2.37. The second-order valence-corrected chi connectivity index (χ2v) is 5.65. The minimum atomic E-state index is -0.413. The van der Waals surface area contributed by atoms with Crippen LogP contribution in [0.3, 0.4) is 0 Å². The van der Waals surface area contributed by atoms with E-state index in [-0.39, 0.29) is 6.04 Å². The molecule has 0 bridgehead atoms. The van der Waals surface area contributed by atoms with E-state index < -0.39 is 6.04 Å². The van der Waals surface area contributed by atoms with Crippen molar-refractivity contribution in [3.8, 4) is 11.8 Å². The molecule has 4 nitrogen and oxygen atoms in total. The quantitative estimate of drug-likeness (QED) is 0.855. The molecule has 3 rings (SSSR count). The lowest BCUT2D eigenvalue weighted by Crippen LogP contribution is -2.24. The number of benzene rings is 2. The average Bonchev–Trinajstić information content (AvgIpc) is 2.98. The first-order valence-corrected chi connectivity index (χ1v) is 7.64. The Morgan fingerprint density at radius 3 is 2.48 bits per heavy atom. The maximum atomic E-state index is 9.73. The van der Waals surface area contributed by atoms with Gasteiger partial charge in [-0.2, -0.15) is 10.4 Å². The summed E-state index contributed by atoms with van der Waals surface area (Å²) in [6.45, 7) is 2.01. The average molecular weight is 305 g/mol. The van der Waals surface area contributed by atoms with Gasteiger partial charge >= 0.3 is 0 Å². The normalized spacial score (nSPS) is 18.2. The van der Waals surface area contributed by atoms with Gasteiger partial charge in [0.25, 0.3) is 0 Å². The summed E-state index contributed by atoms with van der Waals surface area (Å²) in [5.74, 6) is 0.783. The van der Waals surface area contributed by atoms with Gasteiger partial charge in [-0.15, -0.1) is 0 Å². The second-order valence-electron chi connectivity index (χ2n) is 5.65. The third kappa shape index (κ3) is 3.04. The van der Waals surface area contributed by atoms with Crippen LogP contribution in [0.15, 0.2) is 59.7 Å². The first kappa shape index (κ1) is 15.1. The smallest absolute Gasteiger partial charge is 0.159 e. The van der Waals surface area contributed by atoms with E-state index in [0.717, 1.165) is 23.4 Å². The minimum absolute atomic E-state index is 0.1000. The van der Waals surface area contributed by atoms with Gasteiger partial charge in [0.2, 0.25) is 0 Å². The molecule has 0 N–H and O–H groups in total. The van der Waals surface area contributed by atoms with E-state index in [1.54, 1.807) is 7.11 Å². The molecule has 116 valence electrons. The highest BCUT2D eigenvalue weighted by Gasteiger charge is 2.32. The van der Waals surface area contributed by atoms with Crippen molar-refractivity contribution in [2.24, 2.45) is 5.10 Å². The van der Waals surface area contributed by atoms with Gasteiger partial charge in [0, 0.05) is 12.1 Å². The van der Waals surface area contributed by atoms with Gasteiger partial charge in [-0.25, -0.2) is 0 Å². The van der Waals surface area contributed by atoms with Crippen molar-refractivity contribution < 1.29 is 4.74 Å². The molecule has 0 saturated carbocycles. The van der Waals surface area contributed by atoms with Crippen molar-refractivity contribution >= 4 is 5.71 Å². The molecule has 23 heavy (non-hydrogen) atoms. The van der Waals surface area contributed by atoms with E-state index in [1.807, 2.05) is 54.4 Å². The molecule has 2 aromatic carbocycles. The maximum absolute atomic E-state index is 9.73. The summed E-state index contributed by atoms with van der Waals surface area (Å²) in [6.07, 6.45) is 0.846. The van der Waals surface area contributed by atoms with Crippen LogP contribution in [-0.2, 0) is 0 Å². The summed E-state index contributed by atoms with van der Waals surface area (Å²) in [5, 5.41) is 16.3. The fourth-order valence-corrected chi connectivity index (χ4v) is 2.94. The fourth-order valence-electron chi connectivity index (χ4n) is 2.94. The molecule has 0 unspecified atom stereocenters. The van der Waals surface area contributed by atoms with Crippen LogP contribution in [0.2, 0.25) is 0 Å². The van der Waals surface area contributed by atoms with E-state index in [1.165, 1.54) is 5.56 Å². The molecule has 0 saturated heterocycles. The molecule has 1 aliphatic heterocycles. The number of hydrogen-bond acceptors (Lipinski definition) is 4. The standard InChI is InChI=1S/C19H19N3O/c1-14-12-18(15-6-4-3-5-7-15)22(21-14)19(13-20)16-8-10-17(23-2)11-9-16/h3-11,18-19H,12H2,1-2H3/t18-,19-/m1/s1. The number of hydrazone groups is 1. The number of rotatable bonds is 4. The third-order valence-electron chi connectivity index (χ3n) is 4.10. The lowest BCUT2D eigenvalue weighted by atomic mass is 9.99. The van der Waals surface area contributed by atoms with Gasteiger partial charge < -0.3 is 4.74 Å². The predicted molar refractivity (Wildman–Crippen MR) is 90.1 cm³/mol. The topological polar surface area (TPSA) is 48.6 Å². The number of nitrogens with zero attached hydrogens (tertiary/aromatic N) is 3. The summed E-state index contributed by atoms with van der Waals surface area (Å²) < 4.78 is 5.19. The predicted octanol–water partition coefficient (Wildman–Crippen LogP) is 4.08. The van der Waals surface area contributed by atoms with Crippen molar-refractivity contribution in [1.82, 2.24) is 5.01 Å². The molecule has 0 aliphatic carbocycles. The van der Waals surface area contributed by atoms with Crippen molar-refractivity contribution in [2.45, 2.75) is 25.4 Å². The highest BCUT2D eigenvalue weighted by atomic mass is 16.5. The summed E-state index contributed by atoms with van der Waals surface area (Å²) in [4.78, 5) is 0. The van der Waals surface area contributed by atoms with E-state index in [9.17, 15) is 5.26 Å². The van der Waals surface area contributed by atoms with Crippen molar-refractivity contribution in [3.63, 3.8) is 0 Å². The molecule has 4 heteroatoms. The van der Waals surface area contributed by atoms with Gasteiger partial charge in [0.1, 0.15) is 5.75 Å². The molecular formula is C19H19N3O. The van der Waals surface area contributed by atoms with Crippen LogP contribution in [0.4, 0.5) is 0 Å². The molecule has 1 aliphatic rings. The Kier molecular flexibility index (Phi) is 4.29. The van der Waals surface area contributed by atoms with E-state index >= 15 is 0 Å². The van der Waals surface area contributed by atoms with Crippen LogP contribution in [0.25, 0.3) is 0 Å². The Balaban J connectivity index is 1.93. The zero-order valence-electron chi connectivity index (χ0n) is 13.3. The van der Waals surface area contributed by atoms with Gasteiger partial charge in [0.05, 0.1) is 19.2 Å². The SMILES string of the molecule is COc1ccc([C@@H](C#N)N2N=C(C)C[C@@H]2c2ccccc2)cc1. The third-order valence-corrected chi connectivity index (χ3v) is 4.10. The van der Waals surface area contributed by atoms with Crippen LogP contribution >= 0.6 is 0 Å². The largest absolute Gasteiger partial charge is 0.497 e. The lowest BCUT2D eigenvalue weighted by Gasteiger charge is -2.28. The number of methoxy groups -OCH3 is 1. The summed E-state index contributed by atoms with van der Waals surface area (Å²) >= 11 is 0.